The molecule has 0 N–H and O–H groups in total. The highest BCUT2D eigenvalue weighted by Gasteiger charge is 2.25. The molecule has 0 amide bonds. The highest BCUT2D eigenvalue weighted by atomic mass is 16.5. The molecule has 0 saturated heterocycles. The average molecular weight is 406 g/mol. The lowest BCUT2D eigenvalue weighted by molar-refractivity contribution is 0.0453. The molecule has 29 heavy (non-hydrogen) atoms. The first-order chi connectivity index (χ1) is 14.1. The molecule has 164 valence electrons. The van der Waals surface area contributed by atoms with E-state index < -0.39 is 11.9 Å². The Balaban J connectivity index is 3.27. The van der Waals surface area contributed by atoms with E-state index in [1.807, 2.05) is 19.1 Å². The van der Waals surface area contributed by atoms with E-state index in [4.69, 9.17) is 9.47 Å². The number of carbonyl (C=O) groups excluding carboxylic acids is 2. The first-order valence-corrected chi connectivity index (χ1v) is 11.3. The monoisotopic (exact) mass is 405 g/mol. The molecule has 1 aromatic rings. The minimum Gasteiger partial charge on any atom is -0.462 e. The summed E-state index contributed by atoms with van der Waals surface area (Å²) in [6, 6.07) is 5.43. The number of carbonyl (C=O) groups is 2. The van der Waals surface area contributed by atoms with Crippen molar-refractivity contribution < 1.29 is 19.1 Å². The number of esters is 2. The van der Waals surface area contributed by atoms with Crippen molar-refractivity contribution in [2.24, 2.45) is 0 Å². The van der Waals surface area contributed by atoms with Crippen LogP contribution in [0.1, 0.15) is 99.8 Å². The van der Waals surface area contributed by atoms with Crippen LogP contribution in [0.3, 0.4) is 0 Å². The molecule has 0 saturated carbocycles. The Morgan fingerprint density at radius 3 is 1.79 bits per heavy atom. The van der Waals surface area contributed by atoms with Crippen molar-refractivity contribution in [1.29, 1.82) is 0 Å². The summed E-state index contributed by atoms with van der Waals surface area (Å²) < 4.78 is 10.9. The van der Waals surface area contributed by atoms with E-state index in [0.717, 1.165) is 70.1 Å². The van der Waals surface area contributed by atoms with Crippen LogP contribution in [0.2, 0.25) is 0 Å². The van der Waals surface area contributed by atoms with E-state index in [1.54, 1.807) is 6.07 Å². The Morgan fingerprint density at radius 2 is 1.28 bits per heavy atom. The molecule has 0 aliphatic heterocycles. The summed E-state index contributed by atoms with van der Waals surface area (Å²) in [7, 11) is 0. The maximum Gasteiger partial charge on any atom is 0.341 e. The molecule has 1 aromatic carbocycles. The van der Waals surface area contributed by atoms with Crippen molar-refractivity contribution in [2.75, 3.05) is 31.2 Å². The van der Waals surface area contributed by atoms with Gasteiger partial charge in [-0.1, -0.05) is 59.4 Å². The van der Waals surface area contributed by atoms with Crippen molar-refractivity contribution in [2.45, 2.75) is 79.1 Å². The van der Waals surface area contributed by atoms with Gasteiger partial charge >= 0.3 is 11.9 Å². The summed E-state index contributed by atoms with van der Waals surface area (Å²) in [6.45, 7) is 10.8. The third kappa shape index (κ3) is 8.46. The molecule has 0 fully saturated rings. The van der Waals surface area contributed by atoms with Gasteiger partial charge in [0.2, 0.25) is 0 Å². The Morgan fingerprint density at radius 1 is 0.759 bits per heavy atom. The molecule has 0 aliphatic carbocycles. The van der Waals surface area contributed by atoms with Gasteiger partial charge in [-0.05, 0) is 37.8 Å². The molecule has 0 unspecified atom stereocenters. The molecular formula is C24H39NO4. The summed E-state index contributed by atoms with van der Waals surface area (Å²) in [5.41, 5.74) is 1.42. The second-order valence-electron chi connectivity index (χ2n) is 7.37. The van der Waals surface area contributed by atoms with E-state index in [9.17, 15) is 9.59 Å². The van der Waals surface area contributed by atoms with Crippen molar-refractivity contribution in [3.63, 3.8) is 0 Å². The number of anilines is 1. The van der Waals surface area contributed by atoms with Gasteiger partial charge in [-0.15, -0.1) is 0 Å². The first kappa shape index (κ1) is 25.0. The van der Waals surface area contributed by atoms with Crippen molar-refractivity contribution >= 4 is 17.6 Å². The van der Waals surface area contributed by atoms with Crippen LogP contribution >= 0.6 is 0 Å². The number of nitrogens with zero attached hydrogens (tertiary/aromatic N) is 1. The summed E-state index contributed by atoms with van der Waals surface area (Å²) in [6.07, 6.45) is 7.69. The predicted molar refractivity (Wildman–Crippen MR) is 119 cm³/mol. The molecule has 0 radical (unpaired) electrons. The third-order valence-electron chi connectivity index (χ3n) is 4.83. The van der Waals surface area contributed by atoms with Gasteiger partial charge in [-0.3, -0.25) is 0 Å². The molecular weight excluding hydrogens is 366 g/mol. The van der Waals surface area contributed by atoms with Gasteiger partial charge in [-0.2, -0.15) is 0 Å². The van der Waals surface area contributed by atoms with E-state index in [2.05, 4.69) is 25.7 Å². The summed E-state index contributed by atoms with van der Waals surface area (Å²) in [5.74, 6) is -0.886. The smallest absolute Gasteiger partial charge is 0.341 e. The number of hydrogen-bond donors (Lipinski definition) is 0. The minimum absolute atomic E-state index is 0.304. The van der Waals surface area contributed by atoms with Crippen LogP contribution in [0.15, 0.2) is 18.2 Å². The second-order valence-corrected chi connectivity index (χ2v) is 7.37. The highest BCUT2D eigenvalue weighted by molar-refractivity contribution is 6.07. The number of unbranched alkanes of at least 4 members (excludes halogenated alkanes) is 4. The normalized spacial score (nSPS) is 10.6. The SMILES string of the molecule is CCCCOC(=O)c1cccc(N(CCCC)CCCC)c1C(=O)OCCCC. The molecule has 0 aromatic heterocycles. The number of rotatable bonds is 15. The van der Waals surface area contributed by atoms with Crippen molar-refractivity contribution in [1.82, 2.24) is 0 Å². The maximum absolute atomic E-state index is 13.0. The van der Waals surface area contributed by atoms with Crippen molar-refractivity contribution in [3.8, 4) is 0 Å². The van der Waals surface area contributed by atoms with E-state index in [0.29, 0.717) is 24.3 Å². The standard InChI is InChI=1S/C24H39NO4/c1-5-9-16-25(17-10-6-2)21-15-13-14-20(23(26)28-18-11-7-3)22(21)24(27)29-19-12-8-4/h13-15H,5-12,16-19H2,1-4H3. The fraction of sp³-hybridized carbons (Fsp3) is 0.667. The third-order valence-corrected chi connectivity index (χ3v) is 4.83. The molecule has 5 nitrogen and oxygen atoms in total. The van der Waals surface area contributed by atoms with E-state index in [-0.39, 0.29) is 0 Å². The van der Waals surface area contributed by atoms with Gasteiger partial charge in [0.05, 0.1) is 30.0 Å². The average Bonchev–Trinajstić information content (AvgIpc) is 2.73. The summed E-state index contributed by atoms with van der Waals surface area (Å²) in [4.78, 5) is 27.9. The highest BCUT2D eigenvalue weighted by Crippen LogP contribution is 2.27. The molecule has 0 bridgehead atoms. The van der Waals surface area contributed by atoms with Crippen LogP contribution in [0, 0.1) is 0 Å². The molecule has 5 heteroatoms. The first-order valence-electron chi connectivity index (χ1n) is 11.3. The summed E-state index contributed by atoms with van der Waals surface area (Å²) in [5, 5.41) is 0. The lowest BCUT2D eigenvalue weighted by Gasteiger charge is -2.27. The van der Waals surface area contributed by atoms with Crippen LogP contribution in [0.25, 0.3) is 0 Å². The Labute approximate surface area is 176 Å². The Hall–Kier alpha value is -2.04. The zero-order valence-corrected chi connectivity index (χ0v) is 18.8. The second kappa shape index (κ2) is 14.9. The van der Waals surface area contributed by atoms with Crippen LogP contribution in [0.5, 0.6) is 0 Å². The van der Waals surface area contributed by atoms with Gasteiger partial charge in [-0.25, -0.2) is 9.59 Å². The summed E-state index contributed by atoms with van der Waals surface area (Å²) >= 11 is 0. The largest absolute Gasteiger partial charge is 0.462 e. The Kier molecular flexibility index (Phi) is 12.8. The van der Waals surface area contributed by atoms with Gasteiger partial charge in [0.25, 0.3) is 0 Å². The molecule has 0 aliphatic rings. The zero-order valence-electron chi connectivity index (χ0n) is 18.8. The van der Waals surface area contributed by atoms with E-state index >= 15 is 0 Å². The van der Waals surface area contributed by atoms with Crippen LogP contribution in [-0.2, 0) is 9.47 Å². The zero-order chi connectivity index (χ0) is 21.5. The quantitative estimate of drug-likeness (QED) is 0.264. The lowest BCUT2D eigenvalue weighted by Crippen LogP contribution is -2.29. The maximum atomic E-state index is 13.0. The van der Waals surface area contributed by atoms with Crippen LogP contribution in [0.4, 0.5) is 5.69 Å². The van der Waals surface area contributed by atoms with Crippen LogP contribution < -0.4 is 4.90 Å². The van der Waals surface area contributed by atoms with Gasteiger partial charge in [0, 0.05) is 13.1 Å². The van der Waals surface area contributed by atoms with Crippen molar-refractivity contribution in [3.05, 3.63) is 29.3 Å². The predicted octanol–water partition coefficient (Wildman–Crippen LogP) is 6.01. The molecule has 0 spiro atoms. The lowest BCUT2D eigenvalue weighted by atomic mass is 10.0. The fourth-order valence-corrected chi connectivity index (χ4v) is 3.01. The number of hydrogen-bond acceptors (Lipinski definition) is 5. The van der Waals surface area contributed by atoms with Gasteiger partial charge < -0.3 is 14.4 Å². The molecule has 0 heterocycles. The number of ether oxygens (including phenoxy) is 2. The number of benzene rings is 1. The fourth-order valence-electron chi connectivity index (χ4n) is 3.01. The molecule has 1 rings (SSSR count). The minimum atomic E-state index is -0.450. The van der Waals surface area contributed by atoms with Gasteiger partial charge in [0.1, 0.15) is 0 Å². The Bertz CT molecular complexity index is 607. The topological polar surface area (TPSA) is 55.8 Å². The van der Waals surface area contributed by atoms with Crippen LogP contribution in [-0.4, -0.2) is 38.2 Å². The molecule has 0 atom stereocenters. The van der Waals surface area contributed by atoms with Gasteiger partial charge in [0.15, 0.2) is 0 Å². The van der Waals surface area contributed by atoms with E-state index in [1.165, 1.54) is 0 Å².